The maximum Gasteiger partial charge on any atom is 0.257 e. The van der Waals surface area contributed by atoms with Gasteiger partial charge in [-0.3, -0.25) is 4.79 Å². The highest BCUT2D eigenvalue weighted by molar-refractivity contribution is 5.93. The van der Waals surface area contributed by atoms with Gasteiger partial charge < -0.3 is 15.1 Å². The molecule has 1 atom stereocenters. The third-order valence-electron chi connectivity index (χ3n) is 5.43. The molecule has 1 N–H and O–H groups in total. The number of nitrogens with zero attached hydrogens (tertiary/aromatic N) is 4. The number of hydrogen-bond acceptors (Lipinski definition) is 5. The van der Waals surface area contributed by atoms with Crippen molar-refractivity contribution in [3.63, 3.8) is 0 Å². The molecular formula is C22H31N5O. The molecule has 0 saturated carbocycles. The van der Waals surface area contributed by atoms with Crippen molar-refractivity contribution in [1.29, 1.82) is 0 Å². The van der Waals surface area contributed by atoms with Gasteiger partial charge in [0.1, 0.15) is 0 Å². The summed E-state index contributed by atoms with van der Waals surface area (Å²) in [5.41, 5.74) is 3.87. The molecular weight excluding hydrogens is 350 g/mol. The Kier molecular flexibility index (Phi) is 6.49. The molecule has 6 heteroatoms. The lowest BCUT2D eigenvalue weighted by Crippen LogP contribution is -2.39. The molecule has 28 heavy (non-hydrogen) atoms. The van der Waals surface area contributed by atoms with Crippen molar-refractivity contribution in [2.24, 2.45) is 5.92 Å². The van der Waals surface area contributed by atoms with Crippen LogP contribution < -0.4 is 10.2 Å². The normalized spacial score (nSPS) is 16.7. The van der Waals surface area contributed by atoms with Gasteiger partial charge in [0.2, 0.25) is 5.95 Å². The van der Waals surface area contributed by atoms with Gasteiger partial charge in [0.05, 0.1) is 5.56 Å². The number of benzene rings is 1. The second-order valence-electron chi connectivity index (χ2n) is 7.59. The van der Waals surface area contributed by atoms with Crippen LogP contribution in [0.4, 0.5) is 17.3 Å². The molecule has 0 spiro atoms. The lowest BCUT2D eigenvalue weighted by Gasteiger charge is -2.30. The van der Waals surface area contributed by atoms with E-state index >= 15 is 0 Å². The Morgan fingerprint density at radius 2 is 1.96 bits per heavy atom. The highest BCUT2D eigenvalue weighted by Crippen LogP contribution is 2.24. The van der Waals surface area contributed by atoms with Crippen LogP contribution in [0.15, 0.2) is 30.6 Å². The standard InChI is InChI=1S/C22H31N5O/c1-5-26(6-2)19-9-10-20(17(4)12-19)25-22-23-13-18(14-24-22)21(28)27-11-7-8-16(3)15-27/h9-10,12-14,16H,5-8,11,15H2,1-4H3,(H,23,24,25). The Morgan fingerprint density at radius 1 is 1.25 bits per heavy atom. The number of amides is 1. The zero-order valence-electron chi connectivity index (χ0n) is 17.4. The Labute approximate surface area is 168 Å². The van der Waals surface area contributed by atoms with Gasteiger partial charge in [0.25, 0.3) is 5.91 Å². The third kappa shape index (κ3) is 4.61. The Hall–Kier alpha value is -2.63. The molecule has 2 heterocycles. The number of carbonyl (C=O) groups excluding carboxylic acids is 1. The predicted molar refractivity (Wildman–Crippen MR) is 114 cm³/mol. The van der Waals surface area contributed by atoms with E-state index < -0.39 is 0 Å². The van der Waals surface area contributed by atoms with E-state index in [1.54, 1.807) is 12.4 Å². The summed E-state index contributed by atoms with van der Waals surface area (Å²) in [4.78, 5) is 25.6. The van der Waals surface area contributed by atoms with Gasteiger partial charge >= 0.3 is 0 Å². The maximum absolute atomic E-state index is 12.6. The minimum Gasteiger partial charge on any atom is -0.372 e. The Bertz CT molecular complexity index is 801. The van der Waals surface area contributed by atoms with Crippen molar-refractivity contribution in [1.82, 2.24) is 14.9 Å². The zero-order valence-corrected chi connectivity index (χ0v) is 17.4. The number of aromatic nitrogens is 2. The fourth-order valence-electron chi connectivity index (χ4n) is 3.75. The highest BCUT2D eigenvalue weighted by Gasteiger charge is 2.22. The van der Waals surface area contributed by atoms with E-state index in [0.29, 0.717) is 17.4 Å². The first-order valence-corrected chi connectivity index (χ1v) is 10.3. The first-order valence-electron chi connectivity index (χ1n) is 10.3. The molecule has 2 aromatic rings. The fourth-order valence-corrected chi connectivity index (χ4v) is 3.75. The van der Waals surface area contributed by atoms with Crippen molar-refractivity contribution in [2.45, 2.75) is 40.5 Å². The van der Waals surface area contributed by atoms with Crippen LogP contribution in [0.1, 0.15) is 49.5 Å². The number of anilines is 3. The highest BCUT2D eigenvalue weighted by atomic mass is 16.2. The van der Waals surface area contributed by atoms with E-state index in [1.165, 1.54) is 12.1 Å². The first kappa shape index (κ1) is 20.1. The molecule has 0 bridgehead atoms. The largest absolute Gasteiger partial charge is 0.372 e. The minimum atomic E-state index is 0.0258. The fraction of sp³-hybridized carbons (Fsp3) is 0.500. The Balaban J connectivity index is 1.68. The number of aryl methyl sites for hydroxylation is 1. The molecule has 1 aliphatic heterocycles. The van der Waals surface area contributed by atoms with E-state index in [4.69, 9.17) is 0 Å². The number of rotatable bonds is 6. The SMILES string of the molecule is CCN(CC)c1ccc(Nc2ncc(C(=O)N3CCCC(C)C3)cn2)c(C)c1. The summed E-state index contributed by atoms with van der Waals surface area (Å²) in [6.45, 7) is 12.2. The summed E-state index contributed by atoms with van der Waals surface area (Å²) in [6, 6.07) is 6.34. The zero-order chi connectivity index (χ0) is 20.1. The van der Waals surface area contributed by atoms with Gasteiger partial charge in [-0.2, -0.15) is 0 Å². The molecule has 1 saturated heterocycles. The van der Waals surface area contributed by atoms with E-state index in [1.807, 2.05) is 4.90 Å². The molecule has 0 aliphatic carbocycles. The second-order valence-corrected chi connectivity index (χ2v) is 7.59. The van der Waals surface area contributed by atoms with Crippen molar-refractivity contribution in [3.8, 4) is 0 Å². The van der Waals surface area contributed by atoms with Crippen LogP contribution >= 0.6 is 0 Å². The number of piperidine rings is 1. The number of likely N-dealkylation sites (tertiary alicyclic amines) is 1. The summed E-state index contributed by atoms with van der Waals surface area (Å²) in [6.07, 6.45) is 5.50. The molecule has 1 amide bonds. The van der Waals surface area contributed by atoms with Crippen LogP contribution in [0.25, 0.3) is 0 Å². The van der Waals surface area contributed by atoms with Gasteiger partial charge in [-0.15, -0.1) is 0 Å². The van der Waals surface area contributed by atoms with E-state index in [0.717, 1.165) is 43.9 Å². The van der Waals surface area contributed by atoms with E-state index in [9.17, 15) is 4.79 Å². The summed E-state index contributed by atoms with van der Waals surface area (Å²) >= 11 is 0. The lowest BCUT2D eigenvalue weighted by molar-refractivity contribution is 0.0682. The van der Waals surface area contributed by atoms with Crippen LogP contribution in [-0.2, 0) is 0 Å². The summed E-state index contributed by atoms with van der Waals surface area (Å²) in [5, 5.41) is 3.26. The minimum absolute atomic E-state index is 0.0258. The molecule has 1 fully saturated rings. The van der Waals surface area contributed by atoms with Gasteiger partial charge in [-0.05, 0) is 63.3 Å². The quantitative estimate of drug-likeness (QED) is 0.811. The predicted octanol–water partition coefficient (Wildman–Crippen LogP) is 4.25. The van der Waals surface area contributed by atoms with Gasteiger partial charge in [-0.1, -0.05) is 6.92 Å². The van der Waals surface area contributed by atoms with Crippen LogP contribution in [0.5, 0.6) is 0 Å². The van der Waals surface area contributed by atoms with E-state index in [2.05, 4.69) is 66.1 Å². The van der Waals surface area contributed by atoms with E-state index in [-0.39, 0.29) is 5.91 Å². The molecule has 3 rings (SSSR count). The molecule has 1 aliphatic rings. The second kappa shape index (κ2) is 9.04. The molecule has 150 valence electrons. The Morgan fingerprint density at radius 3 is 2.57 bits per heavy atom. The number of nitrogens with one attached hydrogen (secondary N) is 1. The summed E-state index contributed by atoms with van der Waals surface area (Å²) < 4.78 is 0. The molecule has 1 unspecified atom stereocenters. The summed E-state index contributed by atoms with van der Waals surface area (Å²) in [7, 11) is 0. The average molecular weight is 382 g/mol. The summed E-state index contributed by atoms with van der Waals surface area (Å²) in [5.74, 6) is 1.09. The van der Waals surface area contributed by atoms with Crippen LogP contribution in [0.3, 0.4) is 0 Å². The topological polar surface area (TPSA) is 61.4 Å². The van der Waals surface area contributed by atoms with Crippen molar-refractivity contribution in [2.75, 3.05) is 36.4 Å². The smallest absolute Gasteiger partial charge is 0.257 e. The van der Waals surface area contributed by atoms with Crippen molar-refractivity contribution in [3.05, 3.63) is 41.7 Å². The van der Waals surface area contributed by atoms with Gasteiger partial charge in [-0.25, -0.2) is 9.97 Å². The van der Waals surface area contributed by atoms with Crippen LogP contribution in [0, 0.1) is 12.8 Å². The third-order valence-corrected chi connectivity index (χ3v) is 5.43. The van der Waals surface area contributed by atoms with Gasteiger partial charge in [0.15, 0.2) is 0 Å². The van der Waals surface area contributed by atoms with Crippen molar-refractivity contribution >= 4 is 23.2 Å². The van der Waals surface area contributed by atoms with Crippen molar-refractivity contribution < 1.29 is 4.79 Å². The monoisotopic (exact) mass is 381 g/mol. The molecule has 1 aromatic heterocycles. The number of carbonyl (C=O) groups is 1. The van der Waals surface area contributed by atoms with Crippen LogP contribution in [0.2, 0.25) is 0 Å². The first-order chi connectivity index (χ1) is 13.5. The van der Waals surface area contributed by atoms with Crippen LogP contribution in [-0.4, -0.2) is 47.0 Å². The van der Waals surface area contributed by atoms with Gasteiger partial charge in [0, 0.05) is 49.9 Å². The average Bonchev–Trinajstić information content (AvgIpc) is 2.71. The molecule has 0 radical (unpaired) electrons. The molecule has 1 aromatic carbocycles. The lowest BCUT2D eigenvalue weighted by atomic mass is 10.00. The maximum atomic E-state index is 12.6. The molecule has 6 nitrogen and oxygen atoms in total. The number of hydrogen-bond donors (Lipinski definition) is 1.